The Morgan fingerprint density at radius 1 is 1.57 bits per heavy atom. The van der Waals surface area contributed by atoms with Crippen molar-refractivity contribution in [2.45, 2.75) is 45.7 Å². The monoisotopic (exact) mass is 194 g/mol. The fraction of sp³-hybridized carbons (Fsp3) is 0.800. The highest BCUT2D eigenvalue weighted by atomic mass is 15.4. The van der Waals surface area contributed by atoms with Crippen molar-refractivity contribution < 1.29 is 0 Å². The fourth-order valence-electron chi connectivity index (χ4n) is 2.07. The lowest BCUT2D eigenvalue weighted by Crippen LogP contribution is -2.24. The number of rotatable bonds is 3. The van der Waals surface area contributed by atoms with Crippen LogP contribution in [0.1, 0.15) is 43.6 Å². The SMILES string of the molecule is Cc1c(CN)nnn1C(C)C1CCC1. The van der Waals surface area contributed by atoms with E-state index in [1.54, 1.807) is 0 Å². The highest BCUT2D eigenvalue weighted by molar-refractivity contribution is 5.08. The first-order chi connectivity index (χ1) is 6.74. The molecule has 1 heterocycles. The highest BCUT2D eigenvalue weighted by Crippen LogP contribution is 2.36. The Labute approximate surface area is 84.5 Å². The lowest BCUT2D eigenvalue weighted by molar-refractivity contribution is 0.206. The lowest BCUT2D eigenvalue weighted by Gasteiger charge is -2.31. The Bertz CT molecular complexity index is 314. The number of aromatic nitrogens is 3. The number of nitrogens with zero attached hydrogens (tertiary/aromatic N) is 3. The molecule has 0 radical (unpaired) electrons. The first kappa shape index (κ1) is 9.65. The van der Waals surface area contributed by atoms with Crippen molar-refractivity contribution in [3.8, 4) is 0 Å². The second kappa shape index (κ2) is 3.69. The molecular weight excluding hydrogens is 176 g/mol. The van der Waals surface area contributed by atoms with E-state index in [2.05, 4.69) is 24.2 Å². The Morgan fingerprint density at radius 3 is 2.71 bits per heavy atom. The van der Waals surface area contributed by atoms with Crippen LogP contribution in [0.15, 0.2) is 0 Å². The number of hydrogen-bond acceptors (Lipinski definition) is 3. The van der Waals surface area contributed by atoms with Crippen molar-refractivity contribution in [3.63, 3.8) is 0 Å². The normalized spacial score (nSPS) is 19.4. The van der Waals surface area contributed by atoms with E-state index in [9.17, 15) is 0 Å². The molecule has 2 rings (SSSR count). The Morgan fingerprint density at radius 2 is 2.29 bits per heavy atom. The third kappa shape index (κ3) is 1.43. The molecule has 0 aliphatic heterocycles. The Hall–Kier alpha value is -0.900. The van der Waals surface area contributed by atoms with Gasteiger partial charge in [-0.2, -0.15) is 0 Å². The van der Waals surface area contributed by atoms with Crippen LogP contribution in [0.2, 0.25) is 0 Å². The molecule has 1 aliphatic rings. The molecule has 78 valence electrons. The minimum atomic E-state index is 0.483. The number of nitrogens with two attached hydrogens (primary N) is 1. The van der Waals surface area contributed by atoms with E-state index in [1.807, 2.05) is 4.68 Å². The lowest BCUT2D eigenvalue weighted by atomic mass is 9.80. The maximum Gasteiger partial charge on any atom is 0.0991 e. The van der Waals surface area contributed by atoms with Gasteiger partial charge in [-0.1, -0.05) is 11.6 Å². The zero-order valence-electron chi connectivity index (χ0n) is 8.90. The Balaban J connectivity index is 2.18. The van der Waals surface area contributed by atoms with Gasteiger partial charge in [-0.3, -0.25) is 0 Å². The van der Waals surface area contributed by atoms with Crippen LogP contribution in [0.3, 0.4) is 0 Å². The summed E-state index contributed by atoms with van der Waals surface area (Å²) < 4.78 is 2.03. The first-order valence-electron chi connectivity index (χ1n) is 5.34. The summed E-state index contributed by atoms with van der Waals surface area (Å²) in [4.78, 5) is 0. The van der Waals surface area contributed by atoms with Crippen LogP contribution in [0.25, 0.3) is 0 Å². The molecule has 1 aromatic heterocycles. The molecule has 2 N–H and O–H groups in total. The molecule has 0 spiro atoms. The molecule has 1 fully saturated rings. The van der Waals surface area contributed by atoms with Crippen LogP contribution in [0.4, 0.5) is 0 Å². The van der Waals surface area contributed by atoms with Crippen molar-refractivity contribution in [2.24, 2.45) is 11.7 Å². The van der Waals surface area contributed by atoms with Gasteiger partial charge in [-0.05, 0) is 32.6 Å². The zero-order chi connectivity index (χ0) is 10.1. The van der Waals surface area contributed by atoms with E-state index in [0.29, 0.717) is 12.6 Å². The van der Waals surface area contributed by atoms with E-state index in [-0.39, 0.29) is 0 Å². The summed E-state index contributed by atoms with van der Waals surface area (Å²) in [6, 6.07) is 0.483. The molecule has 1 unspecified atom stereocenters. The molecule has 1 aromatic rings. The number of hydrogen-bond donors (Lipinski definition) is 1. The van der Waals surface area contributed by atoms with Crippen LogP contribution >= 0.6 is 0 Å². The van der Waals surface area contributed by atoms with Gasteiger partial charge in [0.05, 0.1) is 17.4 Å². The summed E-state index contributed by atoms with van der Waals surface area (Å²) in [5.41, 5.74) is 7.63. The standard InChI is InChI=1S/C10H18N4/c1-7(9-4-3-5-9)14-8(2)10(6-11)12-13-14/h7,9H,3-6,11H2,1-2H3. The third-order valence-electron chi connectivity index (χ3n) is 3.43. The molecule has 0 saturated heterocycles. The summed E-state index contributed by atoms with van der Waals surface area (Å²) in [7, 11) is 0. The van der Waals surface area contributed by atoms with Gasteiger partial charge >= 0.3 is 0 Å². The predicted molar refractivity (Wildman–Crippen MR) is 54.7 cm³/mol. The summed E-state index contributed by atoms with van der Waals surface area (Å²) in [5.74, 6) is 0.793. The second-order valence-electron chi connectivity index (χ2n) is 4.20. The van der Waals surface area contributed by atoms with Crippen molar-refractivity contribution in [3.05, 3.63) is 11.4 Å². The average Bonchev–Trinajstić information content (AvgIpc) is 2.43. The van der Waals surface area contributed by atoms with Gasteiger partial charge in [-0.25, -0.2) is 4.68 Å². The molecule has 0 bridgehead atoms. The Kier molecular flexibility index (Phi) is 2.54. The van der Waals surface area contributed by atoms with Gasteiger partial charge in [0.1, 0.15) is 0 Å². The van der Waals surface area contributed by atoms with Crippen LogP contribution in [0.5, 0.6) is 0 Å². The molecular formula is C10H18N4. The van der Waals surface area contributed by atoms with E-state index in [4.69, 9.17) is 5.73 Å². The molecule has 14 heavy (non-hydrogen) atoms. The predicted octanol–water partition coefficient (Wildman–Crippen LogP) is 1.41. The third-order valence-corrected chi connectivity index (χ3v) is 3.43. The average molecular weight is 194 g/mol. The van der Waals surface area contributed by atoms with Gasteiger partial charge in [0.2, 0.25) is 0 Å². The van der Waals surface area contributed by atoms with E-state index in [0.717, 1.165) is 17.3 Å². The molecule has 4 nitrogen and oxygen atoms in total. The topological polar surface area (TPSA) is 56.7 Å². The zero-order valence-corrected chi connectivity index (χ0v) is 8.90. The smallest absolute Gasteiger partial charge is 0.0991 e. The van der Waals surface area contributed by atoms with Crippen LogP contribution < -0.4 is 5.73 Å². The van der Waals surface area contributed by atoms with Gasteiger partial charge < -0.3 is 5.73 Å². The van der Waals surface area contributed by atoms with Crippen LogP contribution in [-0.4, -0.2) is 15.0 Å². The minimum Gasteiger partial charge on any atom is -0.325 e. The van der Waals surface area contributed by atoms with Crippen molar-refractivity contribution >= 4 is 0 Å². The summed E-state index contributed by atoms with van der Waals surface area (Å²) in [6.45, 7) is 4.77. The van der Waals surface area contributed by atoms with Gasteiger partial charge in [0.15, 0.2) is 0 Å². The first-order valence-corrected chi connectivity index (χ1v) is 5.34. The van der Waals surface area contributed by atoms with Crippen molar-refractivity contribution in [2.75, 3.05) is 0 Å². The van der Waals surface area contributed by atoms with Crippen LogP contribution in [-0.2, 0) is 6.54 Å². The largest absolute Gasteiger partial charge is 0.325 e. The van der Waals surface area contributed by atoms with E-state index < -0.39 is 0 Å². The maximum atomic E-state index is 5.57. The second-order valence-corrected chi connectivity index (χ2v) is 4.20. The molecule has 0 aromatic carbocycles. The van der Waals surface area contributed by atoms with Gasteiger partial charge in [0, 0.05) is 6.54 Å². The van der Waals surface area contributed by atoms with Crippen molar-refractivity contribution in [1.29, 1.82) is 0 Å². The maximum absolute atomic E-state index is 5.57. The van der Waals surface area contributed by atoms with E-state index >= 15 is 0 Å². The quantitative estimate of drug-likeness (QED) is 0.791. The molecule has 1 aliphatic carbocycles. The van der Waals surface area contributed by atoms with Gasteiger partial charge in [-0.15, -0.1) is 5.10 Å². The van der Waals surface area contributed by atoms with Crippen molar-refractivity contribution in [1.82, 2.24) is 15.0 Å². The van der Waals surface area contributed by atoms with E-state index in [1.165, 1.54) is 19.3 Å². The molecule has 1 saturated carbocycles. The summed E-state index contributed by atoms with van der Waals surface area (Å²) >= 11 is 0. The summed E-state index contributed by atoms with van der Waals surface area (Å²) in [6.07, 6.45) is 4.03. The molecule has 0 amide bonds. The summed E-state index contributed by atoms with van der Waals surface area (Å²) in [5, 5.41) is 8.26. The van der Waals surface area contributed by atoms with Gasteiger partial charge in [0.25, 0.3) is 0 Å². The minimum absolute atomic E-state index is 0.483. The molecule has 4 heteroatoms. The molecule has 1 atom stereocenters. The fourth-order valence-corrected chi connectivity index (χ4v) is 2.07. The van der Waals surface area contributed by atoms with Crippen LogP contribution in [0, 0.1) is 12.8 Å². The highest BCUT2D eigenvalue weighted by Gasteiger charge is 2.27.